The molecule has 1 fully saturated rings. The minimum Gasteiger partial charge on any atom is -0.484 e. The second-order valence-electron chi connectivity index (χ2n) is 5.27. The van der Waals surface area contributed by atoms with Gasteiger partial charge in [-0.15, -0.1) is 0 Å². The highest BCUT2D eigenvalue weighted by atomic mass is 16.5. The summed E-state index contributed by atoms with van der Waals surface area (Å²) in [5.74, 6) is 1.45. The Balaban J connectivity index is 1.69. The lowest BCUT2D eigenvalue weighted by Crippen LogP contribution is -2.35. The molecule has 120 valence electrons. The first-order chi connectivity index (χ1) is 10.7. The third-order valence-electron chi connectivity index (χ3n) is 3.40. The van der Waals surface area contributed by atoms with E-state index in [1.165, 1.54) is 5.56 Å². The third-order valence-corrected chi connectivity index (χ3v) is 3.40. The minimum atomic E-state index is -0.0470. The van der Waals surface area contributed by atoms with Crippen LogP contribution in [0.2, 0.25) is 0 Å². The average molecular weight is 304 g/mol. The zero-order valence-corrected chi connectivity index (χ0v) is 13.2. The van der Waals surface area contributed by atoms with Crippen LogP contribution in [0.4, 0.5) is 0 Å². The molecule has 0 unspecified atom stereocenters. The van der Waals surface area contributed by atoms with E-state index in [0.29, 0.717) is 11.8 Å². The number of aliphatic imine (C=N–C) groups is 1. The van der Waals surface area contributed by atoms with Crippen molar-refractivity contribution in [3.05, 3.63) is 29.8 Å². The van der Waals surface area contributed by atoms with Gasteiger partial charge in [-0.3, -0.25) is 9.79 Å². The van der Waals surface area contributed by atoms with Gasteiger partial charge >= 0.3 is 0 Å². The van der Waals surface area contributed by atoms with Gasteiger partial charge in [0.15, 0.2) is 12.6 Å². The summed E-state index contributed by atoms with van der Waals surface area (Å²) in [5.41, 5.74) is 1.20. The fourth-order valence-electron chi connectivity index (χ4n) is 2.00. The van der Waals surface area contributed by atoms with Crippen LogP contribution in [0, 0.1) is 0 Å². The zero-order chi connectivity index (χ0) is 15.8. The number of hydrogen-bond acceptors (Lipinski definition) is 3. The van der Waals surface area contributed by atoms with Gasteiger partial charge < -0.3 is 20.7 Å². The molecule has 0 aromatic heterocycles. The fourth-order valence-corrected chi connectivity index (χ4v) is 2.00. The number of rotatable bonds is 7. The normalized spacial score (nSPS) is 14.4. The van der Waals surface area contributed by atoms with E-state index in [9.17, 15) is 4.79 Å². The number of guanidine groups is 1. The Kier molecular flexibility index (Phi) is 6.06. The quantitative estimate of drug-likeness (QED) is 0.511. The Hall–Kier alpha value is -2.24. The van der Waals surface area contributed by atoms with Gasteiger partial charge in [0.05, 0.1) is 0 Å². The summed E-state index contributed by atoms with van der Waals surface area (Å²) in [6, 6.07) is 8.19. The number of nitrogens with one attached hydrogen (secondary N) is 3. The Labute approximate surface area is 131 Å². The number of nitrogens with zero attached hydrogens (tertiary/aromatic N) is 1. The highest BCUT2D eigenvalue weighted by molar-refractivity contribution is 5.79. The highest BCUT2D eigenvalue weighted by Gasteiger charge is 2.23. The Morgan fingerprint density at radius 2 is 2.05 bits per heavy atom. The molecule has 6 heteroatoms. The lowest BCUT2D eigenvalue weighted by atomic mass is 10.1. The van der Waals surface area contributed by atoms with E-state index in [-0.39, 0.29) is 12.5 Å². The Bertz CT molecular complexity index is 509. The molecule has 6 nitrogen and oxygen atoms in total. The van der Waals surface area contributed by atoms with Crippen LogP contribution in [0.25, 0.3) is 0 Å². The standard InChI is InChI=1S/C16H24N4O2/c1-17-16(18-2)19-10-9-12-3-7-14(8-4-12)22-11-15(21)20-13-5-6-13/h3-4,7-8,13H,5-6,9-11H2,1-2H3,(H,20,21)(H2,17,18,19). The Morgan fingerprint density at radius 3 is 2.64 bits per heavy atom. The molecule has 0 atom stereocenters. The summed E-state index contributed by atoms with van der Waals surface area (Å²) in [7, 11) is 3.57. The summed E-state index contributed by atoms with van der Waals surface area (Å²) >= 11 is 0. The number of carbonyl (C=O) groups is 1. The highest BCUT2D eigenvalue weighted by Crippen LogP contribution is 2.18. The number of hydrogen-bond donors (Lipinski definition) is 3. The number of ether oxygens (including phenoxy) is 1. The molecule has 1 aliphatic carbocycles. The molecule has 2 rings (SSSR count). The van der Waals surface area contributed by atoms with Crippen LogP contribution >= 0.6 is 0 Å². The van der Waals surface area contributed by atoms with Crippen LogP contribution in [0.15, 0.2) is 29.3 Å². The monoisotopic (exact) mass is 304 g/mol. The molecule has 22 heavy (non-hydrogen) atoms. The van der Waals surface area contributed by atoms with E-state index in [1.54, 1.807) is 7.05 Å². The van der Waals surface area contributed by atoms with Crippen LogP contribution in [-0.2, 0) is 11.2 Å². The van der Waals surface area contributed by atoms with Crippen LogP contribution in [-0.4, -0.2) is 45.2 Å². The summed E-state index contributed by atoms with van der Waals surface area (Å²) < 4.78 is 5.47. The maximum atomic E-state index is 11.5. The lowest BCUT2D eigenvalue weighted by Gasteiger charge is -2.09. The Morgan fingerprint density at radius 1 is 1.32 bits per heavy atom. The van der Waals surface area contributed by atoms with Crippen molar-refractivity contribution in [2.24, 2.45) is 4.99 Å². The van der Waals surface area contributed by atoms with Crippen LogP contribution < -0.4 is 20.7 Å². The largest absolute Gasteiger partial charge is 0.484 e. The van der Waals surface area contributed by atoms with E-state index in [4.69, 9.17) is 4.74 Å². The molecule has 0 bridgehead atoms. The second-order valence-corrected chi connectivity index (χ2v) is 5.27. The molecule has 1 aromatic carbocycles. The number of benzene rings is 1. The molecule has 0 heterocycles. The molecule has 0 saturated heterocycles. The molecule has 0 aliphatic heterocycles. The molecular weight excluding hydrogens is 280 g/mol. The van der Waals surface area contributed by atoms with Crippen molar-refractivity contribution in [1.82, 2.24) is 16.0 Å². The first-order valence-corrected chi connectivity index (χ1v) is 7.60. The molecule has 1 aromatic rings. The molecule has 1 amide bonds. The van der Waals surface area contributed by atoms with Crippen LogP contribution in [0.5, 0.6) is 5.75 Å². The van der Waals surface area contributed by atoms with Crippen molar-refractivity contribution in [3.63, 3.8) is 0 Å². The van der Waals surface area contributed by atoms with Crippen molar-refractivity contribution < 1.29 is 9.53 Å². The minimum absolute atomic E-state index is 0.0470. The average Bonchev–Trinajstić information content (AvgIpc) is 3.35. The first-order valence-electron chi connectivity index (χ1n) is 7.60. The van der Waals surface area contributed by atoms with Crippen molar-refractivity contribution in [2.75, 3.05) is 27.2 Å². The van der Waals surface area contributed by atoms with Gasteiger partial charge in [-0.05, 0) is 37.0 Å². The van der Waals surface area contributed by atoms with E-state index in [1.807, 2.05) is 31.3 Å². The fraction of sp³-hybridized carbons (Fsp3) is 0.500. The maximum absolute atomic E-state index is 11.5. The van der Waals surface area contributed by atoms with Crippen LogP contribution in [0.1, 0.15) is 18.4 Å². The smallest absolute Gasteiger partial charge is 0.258 e. The van der Waals surface area contributed by atoms with Gasteiger partial charge in [0, 0.05) is 26.7 Å². The summed E-state index contributed by atoms with van der Waals surface area (Å²) in [4.78, 5) is 15.6. The summed E-state index contributed by atoms with van der Waals surface area (Å²) in [6.07, 6.45) is 3.07. The molecule has 1 aliphatic rings. The van der Waals surface area contributed by atoms with Gasteiger partial charge in [-0.25, -0.2) is 0 Å². The molecule has 0 radical (unpaired) electrons. The van der Waals surface area contributed by atoms with E-state index < -0.39 is 0 Å². The summed E-state index contributed by atoms with van der Waals surface area (Å²) in [6.45, 7) is 0.882. The van der Waals surface area contributed by atoms with E-state index >= 15 is 0 Å². The van der Waals surface area contributed by atoms with Crippen molar-refractivity contribution >= 4 is 11.9 Å². The topological polar surface area (TPSA) is 74.8 Å². The van der Waals surface area contributed by atoms with Gasteiger partial charge in [0.1, 0.15) is 5.75 Å². The van der Waals surface area contributed by atoms with Gasteiger partial charge in [-0.1, -0.05) is 12.1 Å². The third kappa shape index (κ3) is 5.63. The second kappa shape index (κ2) is 8.26. The zero-order valence-electron chi connectivity index (χ0n) is 13.2. The number of amides is 1. The van der Waals surface area contributed by atoms with Crippen LogP contribution in [0.3, 0.4) is 0 Å². The number of carbonyl (C=O) groups excluding carboxylic acids is 1. The molecule has 3 N–H and O–H groups in total. The molecule has 0 spiro atoms. The first kappa shape index (κ1) is 16.1. The predicted octanol–water partition coefficient (Wildman–Crippen LogP) is 0.681. The van der Waals surface area contributed by atoms with Gasteiger partial charge in [0.2, 0.25) is 0 Å². The van der Waals surface area contributed by atoms with Crippen molar-refractivity contribution in [3.8, 4) is 5.75 Å². The van der Waals surface area contributed by atoms with E-state index in [0.717, 1.165) is 31.8 Å². The molecular formula is C16H24N4O2. The molecule has 1 saturated carbocycles. The lowest BCUT2D eigenvalue weighted by molar-refractivity contribution is -0.123. The predicted molar refractivity (Wildman–Crippen MR) is 87.2 cm³/mol. The van der Waals surface area contributed by atoms with Gasteiger partial charge in [-0.2, -0.15) is 0 Å². The van der Waals surface area contributed by atoms with Crippen molar-refractivity contribution in [2.45, 2.75) is 25.3 Å². The van der Waals surface area contributed by atoms with E-state index in [2.05, 4.69) is 20.9 Å². The SMILES string of the molecule is CN=C(NC)NCCc1ccc(OCC(=O)NC2CC2)cc1. The maximum Gasteiger partial charge on any atom is 0.258 e. The van der Waals surface area contributed by atoms with Gasteiger partial charge in [0.25, 0.3) is 5.91 Å². The van der Waals surface area contributed by atoms with Crippen molar-refractivity contribution in [1.29, 1.82) is 0 Å². The summed E-state index contributed by atoms with van der Waals surface area (Å²) in [5, 5.41) is 9.07.